The lowest BCUT2D eigenvalue weighted by atomic mass is 10.2. The predicted molar refractivity (Wildman–Crippen MR) is 67.7 cm³/mol. The maximum absolute atomic E-state index is 11.9. The van der Waals surface area contributed by atoms with E-state index in [4.69, 9.17) is 5.73 Å². The Balaban J connectivity index is 1.93. The summed E-state index contributed by atoms with van der Waals surface area (Å²) in [4.78, 5) is 19.0. The van der Waals surface area contributed by atoms with Crippen molar-refractivity contribution < 1.29 is 4.79 Å². The standard InChI is InChI=1S/C11H17N7O/c1-2-9(11-13-3-4-14-11)15-10(19)7-18-6-8(5-12)16-17-18/h3-4,6,9H,2,5,7,12H2,1H3,(H,13,14)(H,15,19). The van der Waals surface area contributed by atoms with Crippen LogP contribution >= 0.6 is 0 Å². The Hall–Kier alpha value is -2.22. The van der Waals surface area contributed by atoms with Crippen molar-refractivity contribution in [2.75, 3.05) is 0 Å². The van der Waals surface area contributed by atoms with Crippen molar-refractivity contribution >= 4 is 5.91 Å². The highest BCUT2D eigenvalue weighted by atomic mass is 16.2. The summed E-state index contributed by atoms with van der Waals surface area (Å²) in [6.45, 7) is 2.41. The summed E-state index contributed by atoms with van der Waals surface area (Å²) in [6, 6.07) is -0.125. The minimum absolute atomic E-state index is 0.115. The van der Waals surface area contributed by atoms with Crippen LogP contribution in [-0.2, 0) is 17.9 Å². The molecule has 0 radical (unpaired) electrons. The number of carbonyl (C=O) groups excluding carboxylic acids is 1. The van der Waals surface area contributed by atoms with E-state index in [1.54, 1.807) is 18.6 Å². The number of aromatic nitrogens is 5. The van der Waals surface area contributed by atoms with Gasteiger partial charge in [-0.25, -0.2) is 9.67 Å². The van der Waals surface area contributed by atoms with Crippen LogP contribution in [0.15, 0.2) is 18.6 Å². The van der Waals surface area contributed by atoms with Crippen molar-refractivity contribution in [3.8, 4) is 0 Å². The number of amides is 1. The van der Waals surface area contributed by atoms with E-state index in [2.05, 4.69) is 25.6 Å². The molecule has 0 aromatic carbocycles. The lowest BCUT2D eigenvalue weighted by molar-refractivity contribution is -0.122. The van der Waals surface area contributed by atoms with Gasteiger partial charge >= 0.3 is 0 Å². The zero-order valence-corrected chi connectivity index (χ0v) is 10.7. The van der Waals surface area contributed by atoms with Gasteiger partial charge in [-0.2, -0.15) is 0 Å². The SMILES string of the molecule is CCC(NC(=O)Cn1cc(CN)nn1)c1ncc[nH]1. The van der Waals surface area contributed by atoms with Gasteiger partial charge in [0.15, 0.2) is 0 Å². The van der Waals surface area contributed by atoms with E-state index in [1.165, 1.54) is 4.68 Å². The molecule has 2 rings (SSSR count). The third kappa shape index (κ3) is 3.38. The molecule has 0 aliphatic rings. The Bertz CT molecular complexity index is 519. The summed E-state index contributed by atoms with van der Waals surface area (Å²) in [7, 11) is 0. The van der Waals surface area contributed by atoms with Crippen molar-refractivity contribution in [1.82, 2.24) is 30.3 Å². The molecule has 0 bridgehead atoms. The van der Waals surface area contributed by atoms with Gasteiger partial charge in [0.05, 0.1) is 17.9 Å². The normalized spacial score (nSPS) is 12.3. The van der Waals surface area contributed by atoms with Crippen molar-refractivity contribution in [1.29, 1.82) is 0 Å². The van der Waals surface area contributed by atoms with Gasteiger partial charge in [0.1, 0.15) is 12.4 Å². The van der Waals surface area contributed by atoms with E-state index in [-0.39, 0.29) is 18.5 Å². The first kappa shape index (κ1) is 13.2. The van der Waals surface area contributed by atoms with Crippen molar-refractivity contribution in [2.45, 2.75) is 32.5 Å². The number of rotatable bonds is 6. The van der Waals surface area contributed by atoms with Crippen molar-refractivity contribution in [3.05, 3.63) is 30.1 Å². The quantitative estimate of drug-likeness (QED) is 0.663. The number of H-pyrrole nitrogens is 1. The average Bonchev–Trinajstić information content (AvgIpc) is 3.06. The first-order valence-electron chi connectivity index (χ1n) is 6.10. The van der Waals surface area contributed by atoms with Gasteiger partial charge in [0.25, 0.3) is 0 Å². The molecular weight excluding hydrogens is 246 g/mol. The number of nitrogens with zero attached hydrogens (tertiary/aromatic N) is 4. The van der Waals surface area contributed by atoms with Crippen molar-refractivity contribution in [3.63, 3.8) is 0 Å². The van der Waals surface area contributed by atoms with Crippen LogP contribution in [0.25, 0.3) is 0 Å². The number of aromatic amines is 1. The molecule has 102 valence electrons. The maximum Gasteiger partial charge on any atom is 0.242 e. The second-order valence-electron chi connectivity index (χ2n) is 4.11. The van der Waals surface area contributed by atoms with Crippen LogP contribution in [0, 0.1) is 0 Å². The maximum atomic E-state index is 11.9. The number of imidazole rings is 1. The fraction of sp³-hybridized carbons (Fsp3) is 0.455. The van der Waals surface area contributed by atoms with Gasteiger partial charge < -0.3 is 16.0 Å². The number of carbonyl (C=O) groups is 1. The molecule has 2 aromatic heterocycles. The second kappa shape index (κ2) is 6.10. The summed E-state index contributed by atoms with van der Waals surface area (Å²) in [5.41, 5.74) is 6.09. The number of hydrogen-bond acceptors (Lipinski definition) is 5. The first-order chi connectivity index (χ1) is 9.22. The summed E-state index contributed by atoms with van der Waals surface area (Å²) < 4.78 is 1.46. The van der Waals surface area contributed by atoms with Crippen LogP contribution in [0.1, 0.15) is 30.9 Å². The Morgan fingerprint density at radius 1 is 1.63 bits per heavy atom. The lowest BCUT2D eigenvalue weighted by Gasteiger charge is -2.14. The Morgan fingerprint density at radius 3 is 3.05 bits per heavy atom. The first-order valence-corrected chi connectivity index (χ1v) is 6.10. The molecule has 0 fully saturated rings. The minimum Gasteiger partial charge on any atom is -0.347 e. The molecule has 8 nitrogen and oxygen atoms in total. The van der Waals surface area contributed by atoms with Crippen LogP contribution in [0.3, 0.4) is 0 Å². The summed E-state index contributed by atoms with van der Waals surface area (Å²) >= 11 is 0. The molecule has 1 atom stereocenters. The van der Waals surface area contributed by atoms with Crippen LogP contribution in [0.4, 0.5) is 0 Å². The smallest absolute Gasteiger partial charge is 0.242 e. The third-order valence-corrected chi connectivity index (χ3v) is 2.69. The zero-order valence-electron chi connectivity index (χ0n) is 10.7. The molecule has 0 aliphatic carbocycles. The highest BCUT2D eigenvalue weighted by Gasteiger charge is 2.15. The van der Waals surface area contributed by atoms with Gasteiger partial charge in [0, 0.05) is 18.9 Å². The summed E-state index contributed by atoms with van der Waals surface area (Å²) in [5.74, 6) is 0.605. The number of nitrogens with two attached hydrogens (primary N) is 1. The molecule has 0 spiro atoms. The molecule has 0 saturated heterocycles. The van der Waals surface area contributed by atoms with Crippen LogP contribution < -0.4 is 11.1 Å². The van der Waals surface area contributed by atoms with E-state index < -0.39 is 0 Å². The zero-order chi connectivity index (χ0) is 13.7. The molecule has 0 saturated carbocycles. The third-order valence-electron chi connectivity index (χ3n) is 2.69. The molecule has 8 heteroatoms. The molecule has 4 N–H and O–H groups in total. The number of hydrogen-bond donors (Lipinski definition) is 3. The van der Waals surface area contributed by atoms with Crippen LogP contribution in [0.2, 0.25) is 0 Å². The fourth-order valence-electron chi connectivity index (χ4n) is 1.73. The monoisotopic (exact) mass is 263 g/mol. The van der Waals surface area contributed by atoms with Crippen LogP contribution in [0.5, 0.6) is 0 Å². The predicted octanol–water partition coefficient (Wildman–Crippen LogP) is -0.273. The molecule has 0 aliphatic heterocycles. The molecule has 19 heavy (non-hydrogen) atoms. The summed E-state index contributed by atoms with van der Waals surface area (Å²) in [6.07, 6.45) is 5.81. The van der Waals surface area contributed by atoms with Gasteiger partial charge in [-0.1, -0.05) is 12.1 Å². The van der Waals surface area contributed by atoms with Crippen molar-refractivity contribution in [2.24, 2.45) is 5.73 Å². The minimum atomic E-state index is -0.142. The molecular formula is C11H17N7O. The Morgan fingerprint density at radius 2 is 2.47 bits per heavy atom. The van der Waals surface area contributed by atoms with E-state index >= 15 is 0 Å². The van der Waals surface area contributed by atoms with E-state index in [0.717, 1.165) is 12.2 Å². The largest absolute Gasteiger partial charge is 0.347 e. The molecule has 1 unspecified atom stereocenters. The molecule has 1 amide bonds. The Kier molecular flexibility index (Phi) is 4.24. The highest BCUT2D eigenvalue weighted by molar-refractivity contribution is 5.76. The van der Waals surface area contributed by atoms with Gasteiger partial charge in [0.2, 0.25) is 5.91 Å². The Labute approximate surface area is 110 Å². The fourth-order valence-corrected chi connectivity index (χ4v) is 1.73. The van der Waals surface area contributed by atoms with E-state index in [1.807, 2.05) is 6.92 Å². The van der Waals surface area contributed by atoms with Gasteiger partial charge in [-0.3, -0.25) is 4.79 Å². The number of nitrogens with one attached hydrogen (secondary N) is 2. The van der Waals surface area contributed by atoms with Gasteiger partial charge in [-0.15, -0.1) is 5.10 Å². The van der Waals surface area contributed by atoms with E-state index in [9.17, 15) is 4.79 Å². The molecule has 2 aromatic rings. The molecule has 2 heterocycles. The van der Waals surface area contributed by atoms with Gasteiger partial charge in [-0.05, 0) is 6.42 Å². The highest BCUT2D eigenvalue weighted by Crippen LogP contribution is 2.10. The van der Waals surface area contributed by atoms with Crippen LogP contribution in [-0.4, -0.2) is 30.9 Å². The summed E-state index contributed by atoms with van der Waals surface area (Å²) in [5, 5.41) is 10.5. The second-order valence-corrected chi connectivity index (χ2v) is 4.11. The lowest BCUT2D eigenvalue weighted by Crippen LogP contribution is -2.32. The van der Waals surface area contributed by atoms with E-state index in [0.29, 0.717) is 12.2 Å². The average molecular weight is 263 g/mol. The topological polar surface area (TPSA) is 115 Å².